The lowest BCUT2D eigenvalue weighted by Crippen LogP contribution is -2.38. The summed E-state index contributed by atoms with van der Waals surface area (Å²) in [6.07, 6.45) is 0. The third-order valence-corrected chi connectivity index (χ3v) is 5.21. The summed E-state index contributed by atoms with van der Waals surface area (Å²) in [6.45, 7) is 4.85. The van der Waals surface area contributed by atoms with Gasteiger partial charge in [0.1, 0.15) is 12.4 Å². The highest BCUT2D eigenvalue weighted by Crippen LogP contribution is 2.18. The maximum Gasteiger partial charge on any atom is 0.242 e. The zero-order chi connectivity index (χ0) is 15.3. The van der Waals surface area contributed by atoms with E-state index in [2.05, 4.69) is 4.90 Å². The van der Waals surface area contributed by atoms with Gasteiger partial charge in [-0.05, 0) is 24.3 Å². The number of hydrogen-bond acceptors (Lipinski definition) is 5. The largest absolute Gasteiger partial charge is 0.492 e. The van der Waals surface area contributed by atoms with E-state index in [1.807, 2.05) is 0 Å². The maximum atomic E-state index is 11.9. The highest BCUT2D eigenvalue weighted by atomic mass is 32.2. The molecule has 0 N–H and O–H groups in total. The molecular formula is C14H22N2O4S. The fourth-order valence-electron chi connectivity index (χ4n) is 2.04. The first kappa shape index (κ1) is 16.2. The molecular weight excluding hydrogens is 292 g/mol. The molecule has 0 saturated carbocycles. The maximum absolute atomic E-state index is 11.9. The van der Waals surface area contributed by atoms with E-state index in [-0.39, 0.29) is 4.90 Å². The zero-order valence-corrected chi connectivity index (χ0v) is 13.3. The van der Waals surface area contributed by atoms with E-state index in [0.717, 1.165) is 32.8 Å². The molecule has 0 radical (unpaired) electrons. The molecule has 7 heteroatoms. The summed E-state index contributed by atoms with van der Waals surface area (Å²) in [5, 5.41) is 0. The minimum Gasteiger partial charge on any atom is -0.492 e. The van der Waals surface area contributed by atoms with E-state index >= 15 is 0 Å². The number of sulfonamides is 1. The van der Waals surface area contributed by atoms with E-state index < -0.39 is 10.0 Å². The van der Waals surface area contributed by atoms with Gasteiger partial charge >= 0.3 is 0 Å². The molecule has 1 heterocycles. The van der Waals surface area contributed by atoms with Crippen LogP contribution in [0.4, 0.5) is 0 Å². The number of ether oxygens (including phenoxy) is 2. The van der Waals surface area contributed by atoms with E-state index in [1.165, 1.54) is 18.4 Å². The molecule has 1 aromatic rings. The molecule has 1 saturated heterocycles. The SMILES string of the molecule is CN(C)S(=O)(=O)c1ccc(OCCN2CCOCC2)cc1. The lowest BCUT2D eigenvalue weighted by atomic mass is 10.3. The Morgan fingerprint density at radius 2 is 1.81 bits per heavy atom. The van der Waals surface area contributed by atoms with Gasteiger partial charge in [-0.3, -0.25) is 4.90 Å². The normalized spacial score (nSPS) is 17.1. The molecule has 21 heavy (non-hydrogen) atoms. The lowest BCUT2D eigenvalue weighted by Gasteiger charge is -2.26. The minimum absolute atomic E-state index is 0.271. The molecule has 1 aromatic carbocycles. The Morgan fingerprint density at radius 3 is 2.38 bits per heavy atom. The summed E-state index contributed by atoms with van der Waals surface area (Å²) in [6, 6.07) is 6.52. The molecule has 1 aliphatic heterocycles. The molecule has 118 valence electrons. The molecule has 2 rings (SSSR count). The zero-order valence-electron chi connectivity index (χ0n) is 12.5. The van der Waals surface area contributed by atoms with Gasteiger partial charge in [-0.15, -0.1) is 0 Å². The number of morpholine rings is 1. The first-order valence-corrected chi connectivity index (χ1v) is 8.39. The Morgan fingerprint density at radius 1 is 1.19 bits per heavy atom. The Balaban J connectivity index is 1.85. The number of rotatable bonds is 6. The van der Waals surface area contributed by atoms with Gasteiger partial charge in [0.25, 0.3) is 0 Å². The molecule has 6 nitrogen and oxygen atoms in total. The van der Waals surface area contributed by atoms with Gasteiger partial charge in [-0.2, -0.15) is 0 Å². The van der Waals surface area contributed by atoms with E-state index in [9.17, 15) is 8.42 Å². The van der Waals surface area contributed by atoms with Gasteiger partial charge in [-0.1, -0.05) is 0 Å². The summed E-state index contributed by atoms with van der Waals surface area (Å²) >= 11 is 0. The van der Waals surface area contributed by atoms with Crippen molar-refractivity contribution in [1.29, 1.82) is 0 Å². The second kappa shape index (κ2) is 7.22. The Hall–Kier alpha value is -1.15. The van der Waals surface area contributed by atoms with Gasteiger partial charge in [0.05, 0.1) is 18.1 Å². The number of benzene rings is 1. The summed E-state index contributed by atoms with van der Waals surface area (Å²) in [5.74, 6) is 0.681. The third kappa shape index (κ3) is 4.41. The van der Waals surface area contributed by atoms with E-state index in [1.54, 1.807) is 24.3 Å². The quantitative estimate of drug-likeness (QED) is 0.771. The average Bonchev–Trinajstić information content (AvgIpc) is 2.49. The molecule has 0 aliphatic carbocycles. The van der Waals surface area contributed by atoms with Crippen molar-refractivity contribution in [2.45, 2.75) is 4.90 Å². The fraction of sp³-hybridized carbons (Fsp3) is 0.571. The van der Waals surface area contributed by atoms with Crippen molar-refractivity contribution in [3.63, 3.8) is 0 Å². The van der Waals surface area contributed by atoms with Crippen molar-refractivity contribution in [3.8, 4) is 5.75 Å². The molecule has 1 fully saturated rings. The Bertz CT molecular complexity index is 537. The van der Waals surface area contributed by atoms with E-state index in [0.29, 0.717) is 12.4 Å². The van der Waals surface area contributed by atoms with Crippen molar-refractivity contribution >= 4 is 10.0 Å². The van der Waals surface area contributed by atoms with Crippen LogP contribution >= 0.6 is 0 Å². The Labute approximate surface area is 126 Å². The van der Waals surface area contributed by atoms with Crippen LogP contribution in [0, 0.1) is 0 Å². The van der Waals surface area contributed by atoms with Crippen LogP contribution in [0.1, 0.15) is 0 Å². The summed E-state index contributed by atoms with van der Waals surface area (Å²) in [7, 11) is -0.344. The molecule has 0 spiro atoms. The minimum atomic E-state index is -3.38. The summed E-state index contributed by atoms with van der Waals surface area (Å²) in [4.78, 5) is 2.56. The summed E-state index contributed by atoms with van der Waals surface area (Å²) in [5.41, 5.74) is 0. The molecule has 0 unspecified atom stereocenters. The van der Waals surface area contributed by atoms with Crippen LogP contribution < -0.4 is 4.74 Å². The number of hydrogen-bond donors (Lipinski definition) is 0. The van der Waals surface area contributed by atoms with Crippen LogP contribution in [0.5, 0.6) is 5.75 Å². The monoisotopic (exact) mass is 314 g/mol. The molecule has 1 aliphatic rings. The van der Waals surface area contributed by atoms with Gasteiger partial charge in [0, 0.05) is 33.7 Å². The van der Waals surface area contributed by atoms with Crippen LogP contribution in [-0.2, 0) is 14.8 Å². The number of nitrogens with zero attached hydrogens (tertiary/aromatic N) is 2. The van der Waals surface area contributed by atoms with Crippen LogP contribution in [0.25, 0.3) is 0 Å². The second-order valence-electron chi connectivity index (χ2n) is 5.06. The van der Waals surface area contributed by atoms with Crippen LogP contribution in [0.15, 0.2) is 29.2 Å². The smallest absolute Gasteiger partial charge is 0.242 e. The van der Waals surface area contributed by atoms with Crippen LogP contribution in [0.3, 0.4) is 0 Å². The predicted octanol–water partition coefficient (Wildman–Crippen LogP) is 0.648. The van der Waals surface area contributed by atoms with Gasteiger partial charge < -0.3 is 9.47 Å². The highest BCUT2D eigenvalue weighted by Gasteiger charge is 2.16. The van der Waals surface area contributed by atoms with Gasteiger partial charge in [0.15, 0.2) is 0 Å². The average molecular weight is 314 g/mol. The molecule has 0 atom stereocenters. The predicted molar refractivity (Wildman–Crippen MR) is 80.1 cm³/mol. The van der Waals surface area contributed by atoms with Gasteiger partial charge in [-0.25, -0.2) is 12.7 Å². The third-order valence-electron chi connectivity index (χ3n) is 3.38. The highest BCUT2D eigenvalue weighted by molar-refractivity contribution is 7.89. The van der Waals surface area contributed by atoms with Crippen molar-refractivity contribution < 1.29 is 17.9 Å². The van der Waals surface area contributed by atoms with Crippen molar-refractivity contribution in [3.05, 3.63) is 24.3 Å². The van der Waals surface area contributed by atoms with Gasteiger partial charge in [0.2, 0.25) is 10.0 Å². The first-order valence-electron chi connectivity index (χ1n) is 6.95. The molecule has 0 bridgehead atoms. The van der Waals surface area contributed by atoms with Crippen LogP contribution in [-0.4, -0.2) is 71.2 Å². The lowest BCUT2D eigenvalue weighted by molar-refractivity contribution is 0.0322. The first-order chi connectivity index (χ1) is 10.00. The standard InChI is InChI=1S/C14H22N2O4S/c1-15(2)21(17,18)14-5-3-13(4-6-14)20-12-9-16-7-10-19-11-8-16/h3-6H,7-12H2,1-2H3. The topological polar surface area (TPSA) is 59.1 Å². The van der Waals surface area contributed by atoms with Crippen LogP contribution in [0.2, 0.25) is 0 Å². The van der Waals surface area contributed by atoms with Crippen molar-refractivity contribution in [2.75, 3.05) is 53.6 Å². The van der Waals surface area contributed by atoms with Crippen molar-refractivity contribution in [2.24, 2.45) is 0 Å². The van der Waals surface area contributed by atoms with E-state index in [4.69, 9.17) is 9.47 Å². The second-order valence-corrected chi connectivity index (χ2v) is 7.21. The Kier molecular flexibility index (Phi) is 5.58. The van der Waals surface area contributed by atoms with Crippen molar-refractivity contribution in [1.82, 2.24) is 9.21 Å². The molecule has 0 amide bonds. The fourth-order valence-corrected chi connectivity index (χ4v) is 2.94. The molecule has 0 aromatic heterocycles. The summed E-state index contributed by atoms with van der Waals surface area (Å²) < 4.78 is 36.0.